The molecule has 9 rings (SSSR count). The van der Waals surface area contributed by atoms with Crippen molar-refractivity contribution in [2.75, 3.05) is 0 Å². The second-order valence-corrected chi connectivity index (χ2v) is 10.1. The number of aromatic nitrogens is 4. The van der Waals surface area contributed by atoms with Gasteiger partial charge < -0.3 is 18.5 Å². The van der Waals surface area contributed by atoms with Crippen molar-refractivity contribution >= 4 is 49.1 Å². The number of benzene rings is 5. The molecule has 5 heteroatoms. The van der Waals surface area contributed by atoms with Gasteiger partial charge in [0.15, 0.2) is 0 Å². The fourth-order valence-electron chi connectivity index (χ4n) is 5.92. The van der Waals surface area contributed by atoms with Crippen LogP contribution in [0.25, 0.3) is 66.1 Å². The molecule has 0 amide bonds. The quantitative estimate of drug-likeness (QED) is 0.133. The van der Waals surface area contributed by atoms with E-state index in [1.54, 1.807) is 6.20 Å². The van der Waals surface area contributed by atoms with Crippen molar-refractivity contribution in [1.82, 2.24) is 14.0 Å². The van der Waals surface area contributed by atoms with Crippen molar-refractivity contribution in [3.05, 3.63) is 146 Å². The summed E-state index contributed by atoms with van der Waals surface area (Å²) in [5.41, 5.74) is 8.92. The van der Waals surface area contributed by atoms with E-state index in [-0.39, 0.29) is 20.1 Å². The molecule has 200 valence electrons. The van der Waals surface area contributed by atoms with Crippen LogP contribution in [-0.2, 0) is 27.2 Å². The molecule has 0 bridgehead atoms. The molecule has 0 aliphatic rings. The van der Waals surface area contributed by atoms with Crippen molar-refractivity contribution < 1.29 is 24.7 Å². The molecular weight excluding hydrogens is 693 g/mol. The number of aryl methyl sites for hydroxylation is 1. The molecule has 9 aromatic rings. The smallest absolute Gasteiger partial charge is 0.342 e. The number of pyridine rings is 1. The molecule has 0 saturated carbocycles. The maximum Gasteiger partial charge on any atom is 3.00 e. The normalized spacial score (nSPS) is 11.3. The number of nitrogens with zero attached hydrogens (tertiary/aromatic N) is 4. The summed E-state index contributed by atoms with van der Waals surface area (Å²) in [6.07, 6.45) is 5.22. The SMILES string of the molecule is C[n+]1[c-]n(-c2[c-]c3c(cc2)c2cccc4c5ccccc5n3c24)c2ccccc21.[Ir+3].[c-]1ccccc1-c1ccccn1. The van der Waals surface area contributed by atoms with Crippen LogP contribution in [-0.4, -0.2) is 14.0 Å². The standard InChI is InChI=1S/C26H16N3.C11H8N.Ir/c1-27-16-28(24-12-5-4-11-23(24)27)17-13-14-19-21-9-6-8-20-18-7-2-3-10-22(18)29(26(20)21)25(19)15-17;1-2-6-10(7-3-1)11-8-4-5-9-12-11;/h2-14H,1H3;1-6,8-9H;/q2*-1;+3. The summed E-state index contributed by atoms with van der Waals surface area (Å²) in [7, 11) is 2.03. The first kappa shape index (κ1) is 26.1. The number of imidazole rings is 1. The van der Waals surface area contributed by atoms with Gasteiger partial charge in [-0.25, -0.2) is 0 Å². The van der Waals surface area contributed by atoms with E-state index >= 15 is 0 Å². The largest absolute Gasteiger partial charge is 3.00 e. The van der Waals surface area contributed by atoms with Gasteiger partial charge in [-0.2, -0.15) is 18.2 Å². The Labute approximate surface area is 256 Å². The summed E-state index contributed by atoms with van der Waals surface area (Å²) in [6, 6.07) is 48.5. The number of hydrogen-bond donors (Lipinski definition) is 0. The Hall–Kier alpha value is -4.83. The van der Waals surface area contributed by atoms with Gasteiger partial charge in [0.25, 0.3) is 0 Å². The van der Waals surface area contributed by atoms with E-state index in [9.17, 15) is 0 Å². The third kappa shape index (κ3) is 4.09. The van der Waals surface area contributed by atoms with Crippen molar-refractivity contribution in [2.24, 2.45) is 7.05 Å². The molecule has 5 aromatic carbocycles. The number of para-hydroxylation sites is 4. The van der Waals surface area contributed by atoms with Gasteiger partial charge >= 0.3 is 20.1 Å². The molecule has 0 spiro atoms. The van der Waals surface area contributed by atoms with Crippen LogP contribution in [0.5, 0.6) is 0 Å². The molecule has 4 nitrogen and oxygen atoms in total. The molecule has 0 unspecified atom stereocenters. The van der Waals surface area contributed by atoms with E-state index in [1.165, 1.54) is 32.6 Å². The van der Waals surface area contributed by atoms with Crippen LogP contribution in [0.4, 0.5) is 0 Å². The average Bonchev–Trinajstić information content (AvgIpc) is 3.69. The fourth-order valence-corrected chi connectivity index (χ4v) is 5.92. The monoisotopic (exact) mass is 717 g/mol. The van der Waals surface area contributed by atoms with E-state index in [0.29, 0.717) is 0 Å². The number of rotatable bonds is 2. The van der Waals surface area contributed by atoms with Crippen LogP contribution in [0.1, 0.15) is 0 Å². The summed E-state index contributed by atoms with van der Waals surface area (Å²) in [5, 5.41) is 5.11. The van der Waals surface area contributed by atoms with Crippen molar-refractivity contribution in [3.8, 4) is 16.9 Å². The zero-order valence-electron chi connectivity index (χ0n) is 22.7. The van der Waals surface area contributed by atoms with E-state index < -0.39 is 0 Å². The maximum absolute atomic E-state index is 4.22. The minimum atomic E-state index is 0. The van der Waals surface area contributed by atoms with E-state index in [1.807, 2.05) is 54.1 Å². The molecule has 0 aliphatic heterocycles. The van der Waals surface area contributed by atoms with E-state index in [4.69, 9.17) is 0 Å². The Morgan fingerprint density at radius 2 is 1.40 bits per heavy atom. The molecule has 0 radical (unpaired) electrons. The van der Waals surface area contributed by atoms with E-state index in [0.717, 1.165) is 33.5 Å². The van der Waals surface area contributed by atoms with E-state index in [2.05, 4.69) is 111 Å². The third-order valence-electron chi connectivity index (χ3n) is 7.74. The average molecular weight is 717 g/mol. The Kier molecular flexibility index (Phi) is 6.54. The Balaban J connectivity index is 0.000000188. The van der Waals surface area contributed by atoms with Crippen LogP contribution < -0.4 is 4.57 Å². The first-order chi connectivity index (χ1) is 20.3. The molecule has 4 aromatic heterocycles. The van der Waals surface area contributed by atoms with Gasteiger partial charge in [-0.1, -0.05) is 84.0 Å². The molecule has 0 saturated heterocycles. The zero-order valence-corrected chi connectivity index (χ0v) is 25.1. The second-order valence-electron chi connectivity index (χ2n) is 10.1. The van der Waals surface area contributed by atoms with Crippen LogP contribution in [0.15, 0.2) is 128 Å². The predicted octanol–water partition coefficient (Wildman–Crippen LogP) is 7.75. The minimum absolute atomic E-state index is 0. The topological polar surface area (TPSA) is 26.1 Å². The molecule has 0 aliphatic carbocycles. The molecular formula is C37H24IrN4+. The van der Waals surface area contributed by atoms with Crippen LogP contribution in [0.2, 0.25) is 0 Å². The molecule has 42 heavy (non-hydrogen) atoms. The minimum Gasteiger partial charge on any atom is -0.342 e. The molecule has 0 atom stereocenters. The van der Waals surface area contributed by atoms with Crippen molar-refractivity contribution in [1.29, 1.82) is 0 Å². The van der Waals surface area contributed by atoms with Crippen LogP contribution in [0, 0.1) is 18.5 Å². The maximum atomic E-state index is 4.22. The Bertz CT molecular complexity index is 2280. The summed E-state index contributed by atoms with van der Waals surface area (Å²) in [6.45, 7) is 0. The first-order valence-electron chi connectivity index (χ1n) is 13.6. The van der Waals surface area contributed by atoms with Gasteiger partial charge in [-0.15, -0.1) is 41.3 Å². The Morgan fingerprint density at radius 1 is 0.667 bits per heavy atom. The summed E-state index contributed by atoms with van der Waals surface area (Å²) < 4.78 is 6.50. The third-order valence-corrected chi connectivity index (χ3v) is 7.74. The second kappa shape index (κ2) is 10.5. The number of hydrogen-bond acceptors (Lipinski definition) is 1. The van der Waals surface area contributed by atoms with Gasteiger partial charge in [0.05, 0.1) is 23.6 Å². The van der Waals surface area contributed by atoms with Crippen molar-refractivity contribution in [3.63, 3.8) is 0 Å². The predicted molar refractivity (Wildman–Crippen MR) is 165 cm³/mol. The summed E-state index contributed by atoms with van der Waals surface area (Å²) in [4.78, 5) is 4.22. The van der Waals surface area contributed by atoms with Gasteiger partial charge in [0.1, 0.15) is 0 Å². The van der Waals surface area contributed by atoms with Crippen LogP contribution >= 0.6 is 0 Å². The fraction of sp³-hybridized carbons (Fsp3) is 0.0270. The zero-order chi connectivity index (χ0) is 27.3. The molecule has 4 heterocycles. The summed E-state index contributed by atoms with van der Waals surface area (Å²) >= 11 is 0. The van der Waals surface area contributed by atoms with Gasteiger partial charge in [0, 0.05) is 22.5 Å². The van der Waals surface area contributed by atoms with Crippen LogP contribution in [0.3, 0.4) is 0 Å². The molecule has 0 N–H and O–H groups in total. The molecule has 0 fully saturated rings. The summed E-state index contributed by atoms with van der Waals surface area (Å²) in [5.74, 6) is 0. The van der Waals surface area contributed by atoms with Gasteiger partial charge in [-0.05, 0) is 23.2 Å². The van der Waals surface area contributed by atoms with Gasteiger partial charge in [0.2, 0.25) is 6.33 Å². The van der Waals surface area contributed by atoms with Gasteiger partial charge in [-0.3, -0.25) is 0 Å². The van der Waals surface area contributed by atoms with Crippen molar-refractivity contribution in [2.45, 2.75) is 0 Å². The Morgan fingerprint density at radius 3 is 2.21 bits per heavy atom. The first-order valence-corrected chi connectivity index (χ1v) is 13.6. The number of fused-ring (bicyclic) bond motifs is 7.